The van der Waals surface area contributed by atoms with Crippen molar-refractivity contribution in [2.45, 2.75) is 91.1 Å². The minimum Gasteiger partial charge on any atom is -0.458 e. The number of hydrogen-bond acceptors (Lipinski definition) is 11. The molecule has 55 heavy (non-hydrogen) atoms. The van der Waals surface area contributed by atoms with Gasteiger partial charge in [0.25, 0.3) is 5.91 Å². The van der Waals surface area contributed by atoms with Gasteiger partial charge in [-0.25, -0.2) is 19.2 Å². The molecule has 1 saturated carbocycles. The van der Waals surface area contributed by atoms with Crippen molar-refractivity contribution in [1.29, 1.82) is 0 Å². The van der Waals surface area contributed by atoms with E-state index in [1.165, 1.54) is 38.1 Å². The van der Waals surface area contributed by atoms with Gasteiger partial charge in [0.15, 0.2) is 12.2 Å². The van der Waals surface area contributed by atoms with Gasteiger partial charge in [-0.05, 0) is 88.1 Å². The number of hydrogen-bond donors (Lipinski definition) is 0. The lowest BCUT2D eigenvalue weighted by Gasteiger charge is -2.32. The van der Waals surface area contributed by atoms with E-state index in [-0.39, 0.29) is 37.0 Å². The van der Waals surface area contributed by atoms with Crippen molar-refractivity contribution < 1.29 is 47.7 Å². The third-order valence-corrected chi connectivity index (χ3v) is 8.89. The molecule has 1 aromatic carbocycles. The molecule has 2 aliphatic rings. The highest BCUT2D eigenvalue weighted by molar-refractivity contribution is 5.95. The predicted octanol–water partition coefficient (Wildman–Crippen LogP) is 5.78. The number of anilines is 1. The van der Waals surface area contributed by atoms with Crippen molar-refractivity contribution >= 4 is 35.6 Å². The number of ether oxygens (including phenoxy) is 5. The van der Waals surface area contributed by atoms with Gasteiger partial charge >= 0.3 is 24.0 Å². The molecule has 302 valence electrons. The number of carbonyl (C=O) groups excluding carboxylic acids is 5. The highest BCUT2D eigenvalue weighted by Gasteiger charge is 2.38. The lowest BCUT2D eigenvalue weighted by molar-refractivity contribution is -0.172. The molecular formula is C42H59N3O10. The van der Waals surface area contributed by atoms with Crippen LogP contribution < -0.4 is 4.90 Å². The molecule has 13 heteroatoms. The van der Waals surface area contributed by atoms with E-state index >= 15 is 0 Å². The highest BCUT2D eigenvalue weighted by atomic mass is 16.6. The van der Waals surface area contributed by atoms with Gasteiger partial charge in [-0.2, -0.15) is 0 Å². The Balaban J connectivity index is 1.90. The van der Waals surface area contributed by atoms with Crippen LogP contribution in [0.2, 0.25) is 0 Å². The Morgan fingerprint density at radius 3 is 2.15 bits per heavy atom. The minimum atomic E-state index is -1.40. The smallest absolute Gasteiger partial charge is 0.414 e. The summed E-state index contributed by atoms with van der Waals surface area (Å²) in [5, 5.41) is 0. The van der Waals surface area contributed by atoms with Crippen LogP contribution in [0.15, 0.2) is 73.0 Å². The number of rotatable bonds is 18. The second kappa shape index (κ2) is 20.7. The quantitative estimate of drug-likeness (QED) is 0.0777. The van der Waals surface area contributed by atoms with E-state index in [0.717, 1.165) is 36.5 Å². The molecule has 1 heterocycles. The number of amides is 2. The van der Waals surface area contributed by atoms with Crippen LogP contribution in [-0.4, -0.2) is 111 Å². The van der Waals surface area contributed by atoms with Gasteiger partial charge in [0.1, 0.15) is 23.9 Å². The van der Waals surface area contributed by atoms with Gasteiger partial charge in [-0.1, -0.05) is 57.4 Å². The van der Waals surface area contributed by atoms with Crippen molar-refractivity contribution in [3.8, 4) is 0 Å². The van der Waals surface area contributed by atoms with Crippen LogP contribution >= 0.6 is 0 Å². The van der Waals surface area contributed by atoms with Crippen molar-refractivity contribution in [3.05, 3.63) is 78.6 Å². The SMILES string of the molecule is C=C/C=C(\C=C)COC(=O)C(C)OC(=O)C(CC(C)C)N(C)C(=O)C(Cc1ccc(N2CCOCC2)cc1)OC(=O)/C(=C\C1CC1)N(C)C(=O)OC(C)(C)C. The molecule has 0 radical (unpaired) electrons. The fraction of sp³-hybridized carbons (Fsp3) is 0.548. The van der Waals surface area contributed by atoms with Crippen LogP contribution in [0.25, 0.3) is 0 Å². The maximum atomic E-state index is 14.4. The van der Waals surface area contributed by atoms with Crippen LogP contribution in [0, 0.1) is 11.8 Å². The van der Waals surface area contributed by atoms with Crippen molar-refractivity contribution in [2.75, 3.05) is 51.9 Å². The number of nitrogens with zero attached hydrogens (tertiary/aromatic N) is 3. The zero-order valence-corrected chi connectivity index (χ0v) is 33.7. The Morgan fingerprint density at radius 1 is 0.964 bits per heavy atom. The Kier molecular flexibility index (Phi) is 16.7. The van der Waals surface area contributed by atoms with Gasteiger partial charge in [0, 0.05) is 39.3 Å². The first-order chi connectivity index (χ1) is 25.9. The molecule has 3 unspecified atom stereocenters. The monoisotopic (exact) mass is 765 g/mol. The molecule has 0 bridgehead atoms. The van der Waals surface area contributed by atoms with Gasteiger partial charge < -0.3 is 33.5 Å². The minimum absolute atomic E-state index is 0.0266. The Bertz CT molecular complexity index is 1580. The van der Waals surface area contributed by atoms with E-state index in [9.17, 15) is 24.0 Å². The second-order valence-electron chi connectivity index (χ2n) is 15.3. The van der Waals surface area contributed by atoms with E-state index in [4.69, 9.17) is 23.7 Å². The summed E-state index contributed by atoms with van der Waals surface area (Å²) in [5.74, 6) is -3.16. The Labute approximate surface area is 325 Å². The van der Waals surface area contributed by atoms with E-state index in [0.29, 0.717) is 24.4 Å². The van der Waals surface area contributed by atoms with Crippen LogP contribution in [0.5, 0.6) is 0 Å². The summed E-state index contributed by atoms with van der Waals surface area (Å²) in [5.41, 5.74) is 1.43. The maximum absolute atomic E-state index is 14.4. The predicted molar refractivity (Wildman–Crippen MR) is 209 cm³/mol. The molecule has 0 spiro atoms. The first-order valence-corrected chi connectivity index (χ1v) is 18.8. The summed E-state index contributed by atoms with van der Waals surface area (Å²) in [6.07, 6.45) is 4.76. The summed E-state index contributed by atoms with van der Waals surface area (Å²) in [6.45, 7) is 20.3. The number of morpholine rings is 1. The maximum Gasteiger partial charge on any atom is 0.414 e. The van der Waals surface area contributed by atoms with E-state index in [2.05, 4.69) is 18.1 Å². The fourth-order valence-corrected chi connectivity index (χ4v) is 5.62. The standard InChI is InChI=1S/C42H59N3O10/c1-11-13-30(12-2)27-52-38(47)29(5)53-39(48)34(24-28(3)4)43(9)37(46)36(26-32-16-18-33(19-17-32)45-20-22-51-23-21-45)54-40(49)35(25-31-14-15-31)44(10)41(50)55-42(6,7)8/h11-13,16-19,25,28-29,31,34,36H,1-2,14-15,20-24,26-27H2,3-10H3/b30-13+,35-25+. The van der Waals surface area contributed by atoms with Crippen molar-refractivity contribution in [1.82, 2.24) is 9.80 Å². The highest BCUT2D eigenvalue weighted by Crippen LogP contribution is 2.32. The molecule has 1 aliphatic heterocycles. The van der Waals surface area contributed by atoms with Crippen LogP contribution in [0.3, 0.4) is 0 Å². The van der Waals surface area contributed by atoms with Crippen LogP contribution in [0.4, 0.5) is 10.5 Å². The van der Waals surface area contributed by atoms with Gasteiger partial charge in [-0.15, -0.1) is 0 Å². The molecule has 1 aromatic rings. The molecule has 1 aliphatic carbocycles. The Morgan fingerprint density at radius 2 is 1.60 bits per heavy atom. The number of likely N-dealkylation sites (N-methyl/N-ethyl adjacent to an activating group) is 2. The topological polar surface area (TPSA) is 141 Å². The fourth-order valence-electron chi connectivity index (χ4n) is 5.62. The van der Waals surface area contributed by atoms with E-state index in [1.54, 1.807) is 32.9 Å². The summed E-state index contributed by atoms with van der Waals surface area (Å²) < 4.78 is 27.8. The van der Waals surface area contributed by atoms with Crippen LogP contribution in [-0.2, 0) is 49.3 Å². The normalized spacial score (nSPS) is 16.6. The zero-order chi connectivity index (χ0) is 40.9. The first kappa shape index (κ1) is 44.5. The summed E-state index contributed by atoms with van der Waals surface area (Å²) >= 11 is 0. The molecule has 0 N–H and O–H groups in total. The molecule has 1 saturated heterocycles. The molecule has 13 nitrogen and oxygen atoms in total. The average molecular weight is 766 g/mol. The molecule has 2 fully saturated rings. The number of allylic oxidation sites excluding steroid dienone is 3. The summed E-state index contributed by atoms with van der Waals surface area (Å²) in [6, 6.07) is 6.46. The summed E-state index contributed by atoms with van der Waals surface area (Å²) in [7, 11) is 2.86. The second-order valence-corrected chi connectivity index (χ2v) is 15.3. The molecule has 3 atom stereocenters. The third kappa shape index (κ3) is 14.4. The molecular weight excluding hydrogens is 706 g/mol. The van der Waals surface area contributed by atoms with Crippen molar-refractivity contribution in [3.63, 3.8) is 0 Å². The molecule has 0 aromatic heterocycles. The number of carbonyl (C=O) groups is 5. The largest absolute Gasteiger partial charge is 0.458 e. The van der Waals surface area contributed by atoms with Gasteiger partial charge in [0.05, 0.1) is 13.2 Å². The van der Waals surface area contributed by atoms with E-state index < -0.39 is 53.8 Å². The third-order valence-electron chi connectivity index (χ3n) is 8.89. The number of benzene rings is 1. The van der Waals surface area contributed by atoms with Crippen LogP contribution in [0.1, 0.15) is 66.4 Å². The lowest BCUT2D eigenvalue weighted by atomic mass is 10.0. The average Bonchev–Trinajstić information content (AvgIpc) is 3.97. The zero-order valence-electron chi connectivity index (χ0n) is 33.7. The van der Waals surface area contributed by atoms with Gasteiger partial charge in [0.2, 0.25) is 0 Å². The molecule has 3 rings (SSSR count). The van der Waals surface area contributed by atoms with Gasteiger partial charge in [-0.3, -0.25) is 9.69 Å². The number of esters is 3. The Hall–Kier alpha value is -4.91. The van der Waals surface area contributed by atoms with E-state index in [1.807, 2.05) is 38.1 Å². The summed E-state index contributed by atoms with van der Waals surface area (Å²) in [4.78, 5) is 72.5. The first-order valence-electron chi connectivity index (χ1n) is 18.8. The van der Waals surface area contributed by atoms with Crippen molar-refractivity contribution in [2.24, 2.45) is 11.8 Å². The molecule has 2 amide bonds. The lowest BCUT2D eigenvalue weighted by Crippen LogP contribution is -2.50.